The number of nitrogens with zero attached hydrogens (tertiary/aromatic N) is 3. The zero-order valence-electron chi connectivity index (χ0n) is 25.9. The molecule has 3 fully saturated rings. The summed E-state index contributed by atoms with van der Waals surface area (Å²) in [6.07, 6.45) is 6.47. The van der Waals surface area contributed by atoms with Gasteiger partial charge in [0.15, 0.2) is 0 Å². The van der Waals surface area contributed by atoms with Crippen molar-refractivity contribution < 1.29 is 24.2 Å². The molecule has 3 amide bonds. The van der Waals surface area contributed by atoms with E-state index in [2.05, 4.69) is 20.1 Å². The third-order valence-corrected chi connectivity index (χ3v) is 9.72. The molecule has 3 aliphatic heterocycles. The Hall–Kier alpha value is -3.75. The van der Waals surface area contributed by atoms with Gasteiger partial charge in [-0.3, -0.25) is 14.4 Å². The van der Waals surface area contributed by atoms with Crippen molar-refractivity contribution in [1.82, 2.24) is 9.80 Å². The van der Waals surface area contributed by atoms with E-state index in [1.165, 1.54) is 0 Å². The summed E-state index contributed by atoms with van der Waals surface area (Å²) in [5, 5.41) is 10.7. The van der Waals surface area contributed by atoms with Crippen molar-refractivity contribution in [2.24, 2.45) is 11.8 Å². The molecule has 8 heteroatoms. The summed E-state index contributed by atoms with van der Waals surface area (Å²) >= 11 is 0. The Bertz CT molecular complexity index is 1370. The summed E-state index contributed by atoms with van der Waals surface area (Å²) in [5.74, 6) is -2.40. The summed E-state index contributed by atoms with van der Waals surface area (Å²) in [7, 11) is 0. The van der Waals surface area contributed by atoms with E-state index in [9.17, 15) is 19.5 Å². The van der Waals surface area contributed by atoms with Crippen LogP contribution in [-0.4, -0.2) is 82.2 Å². The van der Waals surface area contributed by atoms with Gasteiger partial charge < -0.3 is 24.5 Å². The lowest BCUT2D eigenvalue weighted by Gasteiger charge is -2.39. The van der Waals surface area contributed by atoms with Gasteiger partial charge in [-0.15, -0.1) is 13.2 Å². The second-order valence-electron chi connectivity index (χ2n) is 12.5. The van der Waals surface area contributed by atoms with Crippen molar-refractivity contribution in [2.45, 2.75) is 69.2 Å². The van der Waals surface area contributed by atoms with Crippen LogP contribution in [0.5, 0.6) is 0 Å². The van der Waals surface area contributed by atoms with Crippen molar-refractivity contribution in [3.05, 3.63) is 91.5 Å². The molecule has 2 unspecified atom stereocenters. The lowest BCUT2D eigenvalue weighted by Crippen LogP contribution is -2.59. The van der Waals surface area contributed by atoms with Gasteiger partial charge in [0.2, 0.25) is 17.7 Å². The van der Waals surface area contributed by atoms with Crippen LogP contribution in [0.2, 0.25) is 0 Å². The van der Waals surface area contributed by atoms with Gasteiger partial charge in [0.05, 0.1) is 30.1 Å². The third kappa shape index (κ3) is 5.39. The molecule has 2 aromatic rings. The molecular formula is C36H45N3O5. The van der Waals surface area contributed by atoms with Crippen LogP contribution in [0, 0.1) is 11.8 Å². The maximum atomic E-state index is 14.8. The molecule has 8 nitrogen and oxygen atoms in total. The maximum Gasteiger partial charge on any atom is 0.248 e. The molecule has 2 aromatic carbocycles. The number of aliphatic hydroxyl groups is 1. The monoisotopic (exact) mass is 599 g/mol. The van der Waals surface area contributed by atoms with Crippen LogP contribution in [-0.2, 0) is 25.5 Å². The van der Waals surface area contributed by atoms with Gasteiger partial charge in [-0.2, -0.15) is 0 Å². The maximum absolute atomic E-state index is 14.8. The zero-order valence-corrected chi connectivity index (χ0v) is 25.9. The Labute approximate surface area is 261 Å². The first-order valence-electron chi connectivity index (χ1n) is 15.8. The number of fused-ring (bicyclic) bond motifs is 1. The molecule has 3 aliphatic rings. The van der Waals surface area contributed by atoms with Crippen molar-refractivity contribution in [2.75, 3.05) is 31.1 Å². The van der Waals surface area contributed by atoms with Gasteiger partial charge in [0, 0.05) is 25.3 Å². The van der Waals surface area contributed by atoms with Crippen LogP contribution in [0.3, 0.4) is 0 Å². The zero-order chi connectivity index (χ0) is 31.5. The van der Waals surface area contributed by atoms with Gasteiger partial charge in [-0.25, -0.2) is 0 Å². The molecule has 0 aromatic heterocycles. The highest BCUT2D eigenvalue weighted by atomic mass is 16.5. The number of carbonyl (C=O) groups excluding carboxylic acids is 3. The lowest BCUT2D eigenvalue weighted by atomic mass is 9.66. The number of ether oxygens (including phenoxy) is 1. The highest BCUT2D eigenvalue weighted by Gasteiger charge is 2.78. The summed E-state index contributed by atoms with van der Waals surface area (Å²) in [4.78, 5) is 49.0. The molecule has 0 radical (unpaired) electrons. The first kappa shape index (κ1) is 31.7. The number of benzene rings is 2. The van der Waals surface area contributed by atoms with Gasteiger partial charge in [-0.1, -0.05) is 74.0 Å². The molecule has 0 aliphatic carbocycles. The molecule has 3 heterocycles. The summed E-state index contributed by atoms with van der Waals surface area (Å²) in [6.45, 7) is 12.5. The number of hydrogen-bond donors (Lipinski definition) is 1. The van der Waals surface area contributed by atoms with E-state index < -0.39 is 35.1 Å². The molecular weight excluding hydrogens is 554 g/mol. The summed E-state index contributed by atoms with van der Waals surface area (Å²) in [5.41, 5.74) is -0.450. The molecule has 0 saturated carbocycles. The average Bonchev–Trinajstić information content (AvgIpc) is 3.61. The first-order chi connectivity index (χ1) is 21.3. The van der Waals surface area contributed by atoms with Crippen LogP contribution in [0.25, 0.3) is 0 Å². The van der Waals surface area contributed by atoms with Crippen molar-refractivity contribution in [1.29, 1.82) is 0 Å². The quantitative estimate of drug-likeness (QED) is 0.326. The van der Waals surface area contributed by atoms with Crippen LogP contribution in [0.4, 0.5) is 5.69 Å². The summed E-state index contributed by atoms with van der Waals surface area (Å²) < 4.78 is 6.89. The largest absolute Gasteiger partial charge is 0.394 e. The molecule has 1 spiro atoms. The Kier molecular flexibility index (Phi) is 9.42. The number of amides is 3. The molecule has 6 atom stereocenters. The predicted octanol–water partition coefficient (Wildman–Crippen LogP) is 4.39. The molecule has 3 saturated heterocycles. The molecule has 1 N–H and O–H groups in total. The number of likely N-dealkylation sites (tertiary alicyclic amines) is 1. The minimum atomic E-state index is -1.18. The average molecular weight is 600 g/mol. The molecule has 44 heavy (non-hydrogen) atoms. The van der Waals surface area contributed by atoms with E-state index in [1.807, 2.05) is 67.6 Å². The number of carbonyl (C=O) groups is 3. The SMILES string of the molecule is C=CCN(CCCC)C(=O)C1N([C@@H](CO)Cc2ccccc2)C(=O)[C@@H]2[C@@H](C(=O)N(CC=C)c3ccccc3)[C@@]3(C)CCC12O3. The van der Waals surface area contributed by atoms with Gasteiger partial charge in [0.25, 0.3) is 0 Å². The molecule has 2 bridgehead atoms. The first-order valence-corrected chi connectivity index (χ1v) is 15.8. The summed E-state index contributed by atoms with van der Waals surface area (Å²) in [6, 6.07) is 17.4. The van der Waals surface area contributed by atoms with Crippen LogP contribution in [0.1, 0.15) is 45.1 Å². The fourth-order valence-electron chi connectivity index (χ4n) is 7.75. The number of anilines is 1. The minimum absolute atomic E-state index is 0.218. The predicted molar refractivity (Wildman–Crippen MR) is 171 cm³/mol. The van der Waals surface area contributed by atoms with Gasteiger partial charge in [0.1, 0.15) is 11.6 Å². The molecule has 5 rings (SSSR count). The fraction of sp³-hybridized carbons (Fsp3) is 0.472. The van der Waals surface area contributed by atoms with Gasteiger partial charge >= 0.3 is 0 Å². The van der Waals surface area contributed by atoms with Crippen LogP contribution >= 0.6 is 0 Å². The molecule has 234 valence electrons. The Balaban J connectivity index is 1.61. The van der Waals surface area contributed by atoms with E-state index in [-0.39, 0.29) is 30.9 Å². The Morgan fingerprint density at radius 2 is 1.70 bits per heavy atom. The van der Waals surface area contributed by atoms with Crippen molar-refractivity contribution in [3.8, 4) is 0 Å². The Morgan fingerprint density at radius 1 is 1.05 bits per heavy atom. The number of hydrogen-bond acceptors (Lipinski definition) is 5. The van der Waals surface area contributed by atoms with E-state index in [4.69, 9.17) is 4.74 Å². The third-order valence-electron chi connectivity index (χ3n) is 9.72. The van der Waals surface area contributed by atoms with E-state index >= 15 is 0 Å². The highest BCUT2D eigenvalue weighted by Crippen LogP contribution is 2.64. The van der Waals surface area contributed by atoms with E-state index in [0.717, 1.165) is 18.4 Å². The number of aliphatic hydroxyl groups excluding tert-OH is 1. The normalized spacial score (nSPS) is 27.6. The Morgan fingerprint density at radius 3 is 2.32 bits per heavy atom. The second kappa shape index (κ2) is 13.1. The fourth-order valence-corrected chi connectivity index (χ4v) is 7.75. The lowest BCUT2D eigenvalue weighted by molar-refractivity contribution is -0.154. The van der Waals surface area contributed by atoms with Gasteiger partial charge in [-0.05, 0) is 50.3 Å². The smallest absolute Gasteiger partial charge is 0.248 e. The van der Waals surface area contributed by atoms with Crippen molar-refractivity contribution in [3.63, 3.8) is 0 Å². The van der Waals surface area contributed by atoms with E-state index in [1.54, 1.807) is 26.9 Å². The number of para-hydroxylation sites is 1. The van der Waals surface area contributed by atoms with Crippen molar-refractivity contribution >= 4 is 23.4 Å². The topological polar surface area (TPSA) is 90.4 Å². The number of rotatable bonds is 14. The highest BCUT2D eigenvalue weighted by molar-refractivity contribution is 6.03. The minimum Gasteiger partial charge on any atom is -0.394 e. The van der Waals surface area contributed by atoms with Crippen LogP contribution < -0.4 is 4.90 Å². The van der Waals surface area contributed by atoms with Crippen LogP contribution in [0.15, 0.2) is 86.0 Å². The number of unbranched alkanes of at least 4 members (excludes halogenated alkanes) is 1. The van der Waals surface area contributed by atoms with E-state index in [0.29, 0.717) is 38.0 Å². The standard InChI is InChI=1S/C36H45N3O5/c1-5-8-23-37(21-6-2)34(43)31-36-20-19-35(4,44-36)29(32(41)38(22-7-3)27-17-13-10-14-18-27)30(36)33(42)39(31)28(25-40)24-26-15-11-9-12-16-26/h6-7,9-18,28-31,40H,2-3,5,8,19-25H2,1,4H3/t28-,29+,30+,31?,35-,36?/m1/s1. The second-order valence-corrected chi connectivity index (χ2v) is 12.5.